The van der Waals surface area contributed by atoms with Crippen molar-refractivity contribution >= 4 is 27.3 Å². The molecule has 7 heteroatoms. The Morgan fingerprint density at radius 2 is 2.00 bits per heavy atom. The van der Waals surface area contributed by atoms with E-state index in [1.54, 1.807) is 12.1 Å². The zero-order valence-electron chi connectivity index (χ0n) is 14.2. The molecule has 25 heavy (non-hydrogen) atoms. The number of sulfonamides is 1. The van der Waals surface area contributed by atoms with E-state index < -0.39 is 10.0 Å². The van der Waals surface area contributed by atoms with E-state index in [1.807, 2.05) is 43.0 Å². The van der Waals surface area contributed by atoms with Gasteiger partial charge in [-0.3, -0.25) is 4.79 Å². The Hall–Kier alpha value is -2.38. The summed E-state index contributed by atoms with van der Waals surface area (Å²) >= 11 is 0. The van der Waals surface area contributed by atoms with Crippen molar-refractivity contribution in [3.8, 4) is 0 Å². The first-order valence-corrected chi connectivity index (χ1v) is 9.58. The number of nitrogens with zero attached hydrogens (tertiary/aromatic N) is 1. The molecule has 0 fully saturated rings. The van der Waals surface area contributed by atoms with Gasteiger partial charge in [-0.15, -0.1) is 0 Å². The Morgan fingerprint density at radius 1 is 1.28 bits per heavy atom. The van der Waals surface area contributed by atoms with Crippen molar-refractivity contribution in [2.75, 3.05) is 16.8 Å². The van der Waals surface area contributed by atoms with Crippen LogP contribution in [0.1, 0.15) is 18.1 Å². The molecule has 0 aliphatic carbocycles. The monoisotopic (exact) mass is 359 g/mol. The SMILES string of the molecule is Cc1ccccc1NC(=O)CN1c2ccc(S(N)(=O)=O)cc2C[C@@H]1C. The summed E-state index contributed by atoms with van der Waals surface area (Å²) in [6.45, 7) is 4.16. The highest BCUT2D eigenvalue weighted by Gasteiger charge is 2.28. The lowest BCUT2D eigenvalue weighted by Gasteiger charge is -2.24. The highest BCUT2D eigenvalue weighted by atomic mass is 32.2. The summed E-state index contributed by atoms with van der Waals surface area (Å²) in [5.41, 5.74) is 3.57. The number of nitrogens with two attached hydrogens (primary N) is 1. The maximum absolute atomic E-state index is 12.4. The predicted molar refractivity (Wildman–Crippen MR) is 98.1 cm³/mol. The summed E-state index contributed by atoms with van der Waals surface area (Å²) < 4.78 is 23.0. The lowest BCUT2D eigenvalue weighted by atomic mass is 10.1. The van der Waals surface area contributed by atoms with Gasteiger partial charge in [-0.25, -0.2) is 13.6 Å². The maximum Gasteiger partial charge on any atom is 0.243 e. The second-order valence-corrected chi connectivity index (χ2v) is 7.94. The van der Waals surface area contributed by atoms with Crippen LogP contribution in [0.5, 0.6) is 0 Å². The van der Waals surface area contributed by atoms with Crippen molar-refractivity contribution in [3.63, 3.8) is 0 Å². The first kappa shape index (κ1) is 17.4. The molecule has 0 bridgehead atoms. The fourth-order valence-corrected chi connectivity index (χ4v) is 3.71. The molecule has 2 aromatic carbocycles. The van der Waals surface area contributed by atoms with Crippen molar-refractivity contribution in [2.24, 2.45) is 5.14 Å². The van der Waals surface area contributed by atoms with Gasteiger partial charge in [0.25, 0.3) is 0 Å². The minimum absolute atomic E-state index is 0.102. The molecule has 3 rings (SSSR count). The second kappa shape index (κ2) is 6.50. The molecule has 0 radical (unpaired) electrons. The number of fused-ring (bicyclic) bond motifs is 1. The second-order valence-electron chi connectivity index (χ2n) is 6.38. The highest BCUT2D eigenvalue weighted by Crippen LogP contribution is 2.33. The number of benzene rings is 2. The third-order valence-electron chi connectivity index (χ3n) is 4.47. The minimum atomic E-state index is -3.73. The molecule has 0 saturated carbocycles. The Bertz CT molecular complexity index is 925. The van der Waals surface area contributed by atoms with Crippen molar-refractivity contribution in [2.45, 2.75) is 31.2 Å². The van der Waals surface area contributed by atoms with Crippen LogP contribution in [0.3, 0.4) is 0 Å². The molecule has 0 aromatic heterocycles. The Labute approximate surface area is 147 Å². The lowest BCUT2D eigenvalue weighted by molar-refractivity contribution is -0.115. The van der Waals surface area contributed by atoms with Crippen molar-refractivity contribution in [1.82, 2.24) is 0 Å². The van der Waals surface area contributed by atoms with E-state index in [0.29, 0.717) is 6.42 Å². The summed E-state index contributed by atoms with van der Waals surface area (Å²) in [7, 11) is -3.73. The zero-order chi connectivity index (χ0) is 18.2. The average molecular weight is 359 g/mol. The van der Waals surface area contributed by atoms with E-state index in [2.05, 4.69) is 5.32 Å². The van der Waals surface area contributed by atoms with E-state index in [-0.39, 0.29) is 23.4 Å². The summed E-state index contributed by atoms with van der Waals surface area (Å²) in [6, 6.07) is 12.5. The van der Waals surface area contributed by atoms with Gasteiger partial charge in [-0.2, -0.15) is 0 Å². The number of carbonyl (C=O) groups excluding carboxylic acids is 1. The minimum Gasteiger partial charge on any atom is -0.359 e. The van der Waals surface area contributed by atoms with Gasteiger partial charge in [0.05, 0.1) is 11.4 Å². The number of rotatable bonds is 4. The number of hydrogen-bond donors (Lipinski definition) is 2. The van der Waals surface area contributed by atoms with E-state index in [1.165, 1.54) is 6.07 Å². The fraction of sp³-hybridized carbons (Fsp3) is 0.278. The molecular formula is C18H21N3O3S. The molecule has 3 N–H and O–H groups in total. The van der Waals surface area contributed by atoms with E-state index in [9.17, 15) is 13.2 Å². The molecule has 1 amide bonds. The van der Waals surface area contributed by atoms with Gasteiger partial charge in [0, 0.05) is 17.4 Å². The predicted octanol–water partition coefficient (Wildman–Crippen LogP) is 2.03. The number of hydrogen-bond acceptors (Lipinski definition) is 4. The molecule has 1 heterocycles. The van der Waals surface area contributed by atoms with Crippen molar-refractivity contribution in [3.05, 3.63) is 53.6 Å². The van der Waals surface area contributed by atoms with Crippen LogP contribution in [-0.4, -0.2) is 26.9 Å². The Kier molecular flexibility index (Phi) is 4.53. The first-order valence-electron chi connectivity index (χ1n) is 8.03. The number of nitrogens with one attached hydrogen (secondary N) is 1. The fourth-order valence-electron chi connectivity index (χ4n) is 3.15. The van der Waals surface area contributed by atoms with Crippen LogP contribution < -0.4 is 15.4 Å². The third kappa shape index (κ3) is 3.67. The molecule has 1 aliphatic heterocycles. The van der Waals surface area contributed by atoms with Crippen LogP contribution in [0.15, 0.2) is 47.4 Å². The Balaban J connectivity index is 1.78. The Morgan fingerprint density at radius 3 is 2.68 bits per heavy atom. The molecule has 6 nitrogen and oxygen atoms in total. The molecule has 0 unspecified atom stereocenters. The number of anilines is 2. The molecule has 0 spiro atoms. The van der Waals surface area contributed by atoms with Crippen LogP contribution in [0.25, 0.3) is 0 Å². The van der Waals surface area contributed by atoms with Gasteiger partial charge in [0.2, 0.25) is 15.9 Å². The van der Waals surface area contributed by atoms with Crippen LogP contribution >= 0.6 is 0 Å². The van der Waals surface area contributed by atoms with Gasteiger partial charge >= 0.3 is 0 Å². The summed E-state index contributed by atoms with van der Waals surface area (Å²) in [5.74, 6) is -0.107. The molecular weight excluding hydrogens is 338 g/mol. The van der Waals surface area contributed by atoms with Crippen LogP contribution in [0, 0.1) is 6.92 Å². The third-order valence-corrected chi connectivity index (χ3v) is 5.38. The number of para-hydroxylation sites is 1. The van der Waals surface area contributed by atoms with Gasteiger partial charge in [-0.1, -0.05) is 18.2 Å². The van der Waals surface area contributed by atoms with Gasteiger partial charge < -0.3 is 10.2 Å². The van der Waals surface area contributed by atoms with Gasteiger partial charge in [-0.05, 0) is 55.7 Å². The molecule has 2 aromatic rings. The van der Waals surface area contributed by atoms with Crippen molar-refractivity contribution < 1.29 is 13.2 Å². The zero-order valence-corrected chi connectivity index (χ0v) is 15.0. The smallest absolute Gasteiger partial charge is 0.243 e. The van der Waals surface area contributed by atoms with E-state index in [4.69, 9.17) is 5.14 Å². The summed E-state index contributed by atoms with van der Waals surface area (Å²) in [4.78, 5) is 14.5. The molecule has 1 aliphatic rings. The number of carbonyl (C=O) groups is 1. The topological polar surface area (TPSA) is 92.5 Å². The van der Waals surface area contributed by atoms with E-state index >= 15 is 0 Å². The summed E-state index contributed by atoms with van der Waals surface area (Å²) in [6.07, 6.45) is 0.677. The van der Waals surface area contributed by atoms with Crippen LogP contribution in [-0.2, 0) is 21.2 Å². The standard InChI is InChI=1S/C18H21N3O3S/c1-12-5-3-4-6-16(12)20-18(22)11-21-13(2)9-14-10-15(25(19,23)24)7-8-17(14)21/h3-8,10,13H,9,11H2,1-2H3,(H,20,22)(H2,19,23,24)/t13-/m0/s1. The lowest BCUT2D eigenvalue weighted by Crippen LogP contribution is -2.37. The largest absolute Gasteiger partial charge is 0.359 e. The number of amides is 1. The number of aryl methyl sites for hydroxylation is 1. The number of primary sulfonamides is 1. The van der Waals surface area contributed by atoms with Crippen LogP contribution in [0.4, 0.5) is 11.4 Å². The summed E-state index contributed by atoms with van der Waals surface area (Å²) in [5, 5.41) is 8.12. The van der Waals surface area contributed by atoms with Crippen molar-refractivity contribution in [1.29, 1.82) is 0 Å². The molecule has 0 saturated heterocycles. The maximum atomic E-state index is 12.4. The molecule has 132 valence electrons. The van der Waals surface area contributed by atoms with Gasteiger partial charge in [0.1, 0.15) is 0 Å². The highest BCUT2D eigenvalue weighted by molar-refractivity contribution is 7.89. The van der Waals surface area contributed by atoms with Gasteiger partial charge in [0.15, 0.2) is 0 Å². The first-order chi connectivity index (χ1) is 11.8. The quantitative estimate of drug-likeness (QED) is 0.874. The van der Waals surface area contributed by atoms with E-state index in [0.717, 1.165) is 22.5 Å². The normalized spacial score (nSPS) is 16.6. The average Bonchev–Trinajstić information content (AvgIpc) is 2.84. The van der Waals surface area contributed by atoms with Crippen LogP contribution in [0.2, 0.25) is 0 Å². The molecule has 1 atom stereocenters.